The van der Waals surface area contributed by atoms with Crippen LogP contribution in [0, 0.1) is 5.92 Å². The van der Waals surface area contributed by atoms with Crippen molar-refractivity contribution in [2.24, 2.45) is 5.92 Å². The number of anilines is 1. The van der Waals surface area contributed by atoms with Gasteiger partial charge in [-0.25, -0.2) is 0 Å². The molecular formula is C18H17Cl2NO3. The molecule has 4 nitrogen and oxygen atoms in total. The monoisotopic (exact) mass is 365 g/mol. The van der Waals surface area contributed by atoms with Gasteiger partial charge in [-0.05, 0) is 30.5 Å². The summed E-state index contributed by atoms with van der Waals surface area (Å²) in [5.74, 6) is -0.645. The maximum atomic E-state index is 12.7. The summed E-state index contributed by atoms with van der Waals surface area (Å²) in [5, 5.41) is 12.6. The summed E-state index contributed by atoms with van der Waals surface area (Å²) >= 11 is 11.8. The fourth-order valence-corrected chi connectivity index (χ4v) is 3.38. The fourth-order valence-electron chi connectivity index (χ4n) is 2.89. The van der Waals surface area contributed by atoms with Crippen molar-refractivity contribution in [3.8, 4) is 5.75 Å². The largest absolute Gasteiger partial charge is 0.505 e. The normalized spacial score (nSPS) is 20.6. The lowest BCUT2D eigenvalue weighted by atomic mass is 9.88. The van der Waals surface area contributed by atoms with Gasteiger partial charge in [0.05, 0.1) is 22.1 Å². The Hall–Kier alpha value is -1.75. The van der Waals surface area contributed by atoms with Crippen LogP contribution in [0.1, 0.15) is 24.5 Å². The minimum atomic E-state index is -0.299. The first-order chi connectivity index (χ1) is 11.6. The topological polar surface area (TPSA) is 58.6 Å². The Balaban J connectivity index is 1.80. The number of nitrogens with one attached hydrogen (secondary N) is 1. The van der Waals surface area contributed by atoms with E-state index in [1.54, 1.807) is 0 Å². The summed E-state index contributed by atoms with van der Waals surface area (Å²) in [6.07, 6.45) is 1.30. The molecule has 6 heteroatoms. The van der Waals surface area contributed by atoms with Crippen molar-refractivity contribution in [2.45, 2.75) is 18.9 Å². The van der Waals surface area contributed by atoms with E-state index in [0.29, 0.717) is 12.3 Å². The Bertz CT molecular complexity index is 713. The van der Waals surface area contributed by atoms with Crippen LogP contribution in [0.5, 0.6) is 5.75 Å². The van der Waals surface area contributed by atoms with Gasteiger partial charge in [-0.15, -0.1) is 0 Å². The van der Waals surface area contributed by atoms with Gasteiger partial charge in [-0.3, -0.25) is 4.79 Å². The van der Waals surface area contributed by atoms with Crippen LogP contribution in [-0.2, 0) is 9.53 Å². The summed E-state index contributed by atoms with van der Waals surface area (Å²) in [6.45, 7) is 0.639. The number of carbonyl (C=O) groups is 1. The highest BCUT2D eigenvalue weighted by Gasteiger charge is 2.33. The van der Waals surface area contributed by atoms with E-state index < -0.39 is 0 Å². The second-order valence-corrected chi connectivity index (χ2v) is 6.54. The van der Waals surface area contributed by atoms with Crippen molar-refractivity contribution in [3.05, 3.63) is 58.1 Å². The van der Waals surface area contributed by atoms with Crippen LogP contribution in [0.15, 0.2) is 42.5 Å². The number of amides is 1. The predicted octanol–water partition coefficient (Wildman–Crippen LogP) is 4.81. The van der Waals surface area contributed by atoms with Crippen LogP contribution >= 0.6 is 23.2 Å². The van der Waals surface area contributed by atoms with Gasteiger partial charge >= 0.3 is 0 Å². The molecule has 1 fully saturated rings. The van der Waals surface area contributed by atoms with E-state index in [-0.39, 0.29) is 33.7 Å². The number of benzene rings is 2. The first kappa shape index (κ1) is 17.1. The number of aromatic hydroxyl groups is 1. The van der Waals surface area contributed by atoms with Gasteiger partial charge in [0.25, 0.3) is 0 Å². The molecule has 0 spiro atoms. The second kappa shape index (κ2) is 7.43. The number of phenolic OH excluding ortho intramolecular Hbond substituents is 1. The first-order valence-electron chi connectivity index (χ1n) is 7.71. The van der Waals surface area contributed by atoms with E-state index in [1.165, 1.54) is 12.1 Å². The standard InChI is InChI=1S/C18H17Cl2NO3/c19-14-9-12(10-15(20)16(14)22)21-18(23)13-7-4-8-24-17(13)11-5-2-1-3-6-11/h1-3,5-6,9-10,13,17,22H,4,7-8H2,(H,21,23). The minimum absolute atomic E-state index is 0.0947. The second-order valence-electron chi connectivity index (χ2n) is 5.73. The number of rotatable bonds is 3. The van der Waals surface area contributed by atoms with Gasteiger partial charge in [0.2, 0.25) is 5.91 Å². The summed E-state index contributed by atoms with van der Waals surface area (Å²) in [4.78, 5) is 12.7. The van der Waals surface area contributed by atoms with Gasteiger partial charge in [-0.2, -0.15) is 0 Å². The molecule has 2 N–H and O–H groups in total. The van der Waals surface area contributed by atoms with Crippen LogP contribution in [0.2, 0.25) is 10.0 Å². The summed E-state index contributed by atoms with van der Waals surface area (Å²) < 4.78 is 5.85. The van der Waals surface area contributed by atoms with Crippen molar-refractivity contribution in [1.29, 1.82) is 0 Å². The molecule has 1 heterocycles. The van der Waals surface area contributed by atoms with Crippen molar-refractivity contribution in [1.82, 2.24) is 0 Å². The molecule has 3 rings (SSSR count). The molecule has 0 bridgehead atoms. The third-order valence-corrected chi connectivity index (χ3v) is 4.65. The Morgan fingerprint density at radius 1 is 1.17 bits per heavy atom. The summed E-state index contributed by atoms with van der Waals surface area (Å²) in [7, 11) is 0. The lowest BCUT2D eigenvalue weighted by Crippen LogP contribution is -2.33. The third kappa shape index (κ3) is 3.66. The highest BCUT2D eigenvalue weighted by atomic mass is 35.5. The van der Waals surface area contributed by atoms with E-state index in [0.717, 1.165) is 18.4 Å². The zero-order valence-corrected chi connectivity index (χ0v) is 14.3. The SMILES string of the molecule is O=C(Nc1cc(Cl)c(O)c(Cl)c1)C1CCCOC1c1ccccc1. The Kier molecular flexibility index (Phi) is 5.29. The highest BCUT2D eigenvalue weighted by Crippen LogP contribution is 2.37. The maximum absolute atomic E-state index is 12.7. The number of phenols is 1. The molecule has 126 valence electrons. The molecule has 1 aliphatic rings. The van der Waals surface area contributed by atoms with E-state index in [2.05, 4.69) is 5.32 Å². The van der Waals surface area contributed by atoms with E-state index in [9.17, 15) is 9.90 Å². The van der Waals surface area contributed by atoms with Gasteiger partial charge in [0.1, 0.15) is 0 Å². The molecule has 0 saturated carbocycles. The molecule has 0 radical (unpaired) electrons. The molecule has 0 aliphatic carbocycles. The first-order valence-corrected chi connectivity index (χ1v) is 8.47. The van der Waals surface area contributed by atoms with E-state index >= 15 is 0 Å². The molecule has 1 aliphatic heterocycles. The number of ether oxygens (including phenoxy) is 1. The quantitative estimate of drug-likeness (QED) is 0.767. The van der Waals surface area contributed by atoms with Crippen LogP contribution < -0.4 is 5.32 Å². The molecule has 2 aromatic rings. The lowest BCUT2D eigenvalue weighted by molar-refractivity contribution is -0.129. The average Bonchev–Trinajstić information content (AvgIpc) is 2.60. The lowest BCUT2D eigenvalue weighted by Gasteiger charge is -2.31. The average molecular weight is 366 g/mol. The van der Waals surface area contributed by atoms with Crippen molar-refractivity contribution in [2.75, 3.05) is 11.9 Å². The molecular weight excluding hydrogens is 349 g/mol. The molecule has 0 aromatic heterocycles. The van der Waals surface area contributed by atoms with E-state index in [1.807, 2.05) is 30.3 Å². The zero-order valence-electron chi connectivity index (χ0n) is 12.8. The van der Waals surface area contributed by atoms with Crippen molar-refractivity contribution < 1.29 is 14.6 Å². The summed E-state index contributed by atoms with van der Waals surface area (Å²) in [6, 6.07) is 12.7. The minimum Gasteiger partial charge on any atom is -0.505 e. The zero-order chi connectivity index (χ0) is 17.1. The van der Waals surface area contributed by atoms with E-state index in [4.69, 9.17) is 27.9 Å². The van der Waals surface area contributed by atoms with Crippen LogP contribution in [-0.4, -0.2) is 17.6 Å². The molecule has 24 heavy (non-hydrogen) atoms. The molecule has 1 saturated heterocycles. The Morgan fingerprint density at radius 2 is 1.83 bits per heavy atom. The van der Waals surface area contributed by atoms with Crippen molar-refractivity contribution >= 4 is 34.8 Å². The predicted molar refractivity (Wildman–Crippen MR) is 94.6 cm³/mol. The van der Waals surface area contributed by atoms with Crippen LogP contribution in [0.25, 0.3) is 0 Å². The molecule has 2 atom stereocenters. The van der Waals surface area contributed by atoms with Gasteiger partial charge in [0.15, 0.2) is 5.75 Å². The van der Waals surface area contributed by atoms with Gasteiger partial charge < -0.3 is 15.2 Å². The Morgan fingerprint density at radius 3 is 2.50 bits per heavy atom. The van der Waals surface area contributed by atoms with Crippen LogP contribution in [0.3, 0.4) is 0 Å². The maximum Gasteiger partial charge on any atom is 0.230 e. The fraction of sp³-hybridized carbons (Fsp3) is 0.278. The molecule has 2 aromatic carbocycles. The van der Waals surface area contributed by atoms with Crippen LogP contribution in [0.4, 0.5) is 5.69 Å². The number of halogens is 2. The van der Waals surface area contributed by atoms with Crippen molar-refractivity contribution in [3.63, 3.8) is 0 Å². The smallest absolute Gasteiger partial charge is 0.230 e. The van der Waals surface area contributed by atoms with Gasteiger partial charge in [0, 0.05) is 12.3 Å². The number of hydrogen-bond donors (Lipinski definition) is 2. The number of carbonyl (C=O) groups excluding carboxylic acids is 1. The van der Waals surface area contributed by atoms with Gasteiger partial charge in [-0.1, -0.05) is 53.5 Å². The third-order valence-electron chi connectivity index (χ3n) is 4.07. The Labute approximate surface area is 150 Å². The highest BCUT2D eigenvalue weighted by molar-refractivity contribution is 6.37. The number of hydrogen-bond acceptors (Lipinski definition) is 3. The molecule has 2 unspecified atom stereocenters. The summed E-state index contributed by atoms with van der Waals surface area (Å²) in [5.41, 5.74) is 1.43. The molecule has 1 amide bonds.